The average molecular weight is 364 g/mol. The number of nitrogens with zero attached hydrogens (tertiary/aromatic N) is 1. The first-order chi connectivity index (χ1) is 11.2. The molecule has 1 fully saturated rings. The fourth-order valence-electron chi connectivity index (χ4n) is 2.28. The number of rotatable bonds is 10. The van der Waals surface area contributed by atoms with E-state index in [1.165, 1.54) is 0 Å². The van der Waals surface area contributed by atoms with Gasteiger partial charge in [0.05, 0.1) is 18.0 Å². The number of amides is 1. The Labute approximate surface area is 146 Å². The van der Waals surface area contributed by atoms with Crippen LogP contribution in [-0.2, 0) is 19.6 Å². The molecule has 0 radical (unpaired) electrons. The Bertz CT molecular complexity index is 468. The van der Waals surface area contributed by atoms with Crippen molar-refractivity contribution in [1.29, 1.82) is 0 Å². The van der Waals surface area contributed by atoms with E-state index in [4.69, 9.17) is 4.74 Å². The predicted octanol–water partition coefficient (Wildman–Crippen LogP) is 0.713. The van der Waals surface area contributed by atoms with Gasteiger partial charge in [0, 0.05) is 32.6 Å². The van der Waals surface area contributed by atoms with Crippen LogP contribution in [0.4, 0.5) is 0 Å². The zero-order valence-electron chi connectivity index (χ0n) is 15.3. The van der Waals surface area contributed by atoms with Gasteiger partial charge in [-0.25, -0.2) is 13.1 Å². The highest BCUT2D eigenvalue weighted by Gasteiger charge is 2.27. The predicted molar refractivity (Wildman–Crippen MR) is 95.4 cm³/mol. The van der Waals surface area contributed by atoms with Crippen molar-refractivity contribution in [3.8, 4) is 0 Å². The monoisotopic (exact) mass is 363 g/mol. The van der Waals surface area contributed by atoms with E-state index in [2.05, 4.69) is 14.9 Å². The number of morpholine rings is 1. The molecule has 1 aliphatic heterocycles. The largest absolute Gasteiger partial charge is 0.379 e. The molecule has 0 aromatic carbocycles. The molecular formula is C16H33N3O4S. The lowest BCUT2D eigenvalue weighted by atomic mass is 10.2. The maximum Gasteiger partial charge on any atom is 0.219 e. The summed E-state index contributed by atoms with van der Waals surface area (Å²) >= 11 is 0. The molecule has 2 N–H and O–H groups in total. The van der Waals surface area contributed by atoms with Crippen LogP contribution in [0.5, 0.6) is 0 Å². The second kappa shape index (κ2) is 10.3. The molecule has 0 atom stereocenters. The third-order valence-corrected chi connectivity index (χ3v) is 6.20. The lowest BCUT2D eigenvalue weighted by Gasteiger charge is -2.26. The van der Waals surface area contributed by atoms with Crippen LogP contribution in [-0.4, -0.2) is 69.9 Å². The summed E-state index contributed by atoms with van der Waals surface area (Å²) in [5.74, 6) is 0.0376. The SMILES string of the molecule is CC(C)(C)S(=O)(=O)NCCCCC(=O)NCCCN1CCOCC1. The summed E-state index contributed by atoms with van der Waals surface area (Å²) in [6.07, 6.45) is 2.73. The van der Waals surface area contributed by atoms with E-state index in [0.717, 1.165) is 39.3 Å². The minimum absolute atomic E-state index is 0.0376. The van der Waals surface area contributed by atoms with Crippen molar-refractivity contribution in [2.75, 3.05) is 45.9 Å². The average Bonchev–Trinajstić information content (AvgIpc) is 2.51. The summed E-state index contributed by atoms with van der Waals surface area (Å²) in [5.41, 5.74) is 0. The van der Waals surface area contributed by atoms with E-state index in [-0.39, 0.29) is 5.91 Å². The molecule has 1 saturated heterocycles. The third kappa shape index (κ3) is 8.41. The molecule has 0 aromatic rings. The first-order valence-corrected chi connectivity index (χ1v) is 10.3. The van der Waals surface area contributed by atoms with E-state index in [1.54, 1.807) is 20.8 Å². The molecule has 24 heavy (non-hydrogen) atoms. The Morgan fingerprint density at radius 2 is 1.75 bits per heavy atom. The Hall–Kier alpha value is -0.700. The van der Waals surface area contributed by atoms with Gasteiger partial charge in [0.1, 0.15) is 0 Å². The standard InChI is InChI=1S/C16H33N3O4S/c1-16(2,3)24(21,22)18-9-5-4-7-15(20)17-8-6-10-19-11-13-23-14-12-19/h18H,4-14H2,1-3H3,(H,17,20). The molecule has 1 aliphatic rings. The maximum atomic E-state index is 11.9. The normalized spacial score (nSPS) is 17.0. The minimum atomic E-state index is -3.29. The molecule has 0 saturated carbocycles. The lowest BCUT2D eigenvalue weighted by Crippen LogP contribution is -2.39. The molecule has 0 spiro atoms. The van der Waals surface area contributed by atoms with Crippen molar-refractivity contribution in [2.24, 2.45) is 0 Å². The number of unbranched alkanes of at least 4 members (excludes halogenated alkanes) is 1. The molecule has 0 aliphatic carbocycles. The molecule has 0 unspecified atom stereocenters. The third-order valence-electron chi connectivity index (χ3n) is 4.01. The fraction of sp³-hybridized carbons (Fsp3) is 0.938. The van der Waals surface area contributed by atoms with Gasteiger partial charge in [0.15, 0.2) is 0 Å². The molecule has 1 heterocycles. The molecule has 7 nitrogen and oxygen atoms in total. The van der Waals surface area contributed by atoms with Crippen LogP contribution in [0, 0.1) is 0 Å². The molecule has 8 heteroatoms. The van der Waals surface area contributed by atoms with Crippen molar-refractivity contribution >= 4 is 15.9 Å². The van der Waals surface area contributed by atoms with Gasteiger partial charge in [-0.1, -0.05) is 0 Å². The van der Waals surface area contributed by atoms with E-state index in [9.17, 15) is 13.2 Å². The summed E-state index contributed by atoms with van der Waals surface area (Å²) in [5, 5.41) is 2.92. The fourth-order valence-corrected chi connectivity index (χ4v) is 3.12. The summed E-state index contributed by atoms with van der Waals surface area (Å²) in [7, 11) is -3.29. The van der Waals surface area contributed by atoms with Crippen LogP contribution < -0.4 is 10.0 Å². The first kappa shape index (κ1) is 21.3. The number of ether oxygens (including phenoxy) is 1. The second-order valence-corrected chi connectivity index (χ2v) is 9.65. The Kier molecular flexibility index (Phi) is 9.18. The van der Waals surface area contributed by atoms with Gasteiger partial charge in [-0.05, 0) is 46.6 Å². The Balaban J connectivity index is 2.00. The summed E-state index contributed by atoms with van der Waals surface area (Å²) < 4.78 is 30.8. The van der Waals surface area contributed by atoms with Gasteiger partial charge in [0.25, 0.3) is 0 Å². The van der Waals surface area contributed by atoms with Gasteiger partial charge in [-0.3, -0.25) is 9.69 Å². The summed E-state index contributed by atoms with van der Waals surface area (Å²) in [4.78, 5) is 14.1. The van der Waals surface area contributed by atoms with E-state index < -0.39 is 14.8 Å². The van der Waals surface area contributed by atoms with Crippen LogP contribution in [0.25, 0.3) is 0 Å². The number of carbonyl (C=O) groups excluding carboxylic acids is 1. The first-order valence-electron chi connectivity index (χ1n) is 8.78. The molecule has 0 aromatic heterocycles. The quantitative estimate of drug-likeness (QED) is 0.558. The molecule has 0 bridgehead atoms. The summed E-state index contributed by atoms with van der Waals surface area (Å²) in [6.45, 7) is 10.6. The number of sulfonamides is 1. The van der Waals surface area contributed by atoms with Crippen molar-refractivity contribution in [2.45, 2.75) is 51.2 Å². The lowest BCUT2D eigenvalue weighted by molar-refractivity contribution is -0.121. The van der Waals surface area contributed by atoms with Crippen molar-refractivity contribution < 1.29 is 17.9 Å². The van der Waals surface area contributed by atoms with Crippen molar-refractivity contribution in [3.63, 3.8) is 0 Å². The number of carbonyl (C=O) groups is 1. The van der Waals surface area contributed by atoms with Gasteiger partial charge >= 0.3 is 0 Å². The van der Waals surface area contributed by atoms with Crippen LogP contribution in [0.1, 0.15) is 46.5 Å². The second-order valence-electron chi connectivity index (χ2n) is 7.12. The Morgan fingerprint density at radius 3 is 2.38 bits per heavy atom. The molecular weight excluding hydrogens is 330 g/mol. The van der Waals surface area contributed by atoms with Gasteiger partial charge < -0.3 is 10.1 Å². The molecule has 1 amide bonds. The zero-order chi connectivity index (χ0) is 18.1. The van der Waals surface area contributed by atoms with Crippen molar-refractivity contribution in [3.05, 3.63) is 0 Å². The van der Waals surface area contributed by atoms with E-state index in [1.807, 2.05) is 0 Å². The van der Waals surface area contributed by atoms with Crippen LogP contribution in [0.3, 0.4) is 0 Å². The molecule has 1 rings (SSSR count). The van der Waals surface area contributed by atoms with Crippen LogP contribution in [0.2, 0.25) is 0 Å². The van der Waals surface area contributed by atoms with E-state index in [0.29, 0.717) is 32.4 Å². The number of nitrogens with one attached hydrogen (secondary N) is 2. The number of hydrogen-bond acceptors (Lipinski definition) is 5. The smallest absolute Gasteiger partial charge is 0.219 e. The van der Waals surface area contributed by atoms with Gasteiger partial charge in [-0.2, -0.15) is 0 Å². The highest BCUT2D eigenvalue weighted by molar-refractivity contribution is 7.90. The Morgan fingerprint density at radius 1 is 1.08 bits per heavy atom. The molecule has 142 valence electrons. The zero-order valence-corrected chi connectivity index (χ0v) is 16.1. The maximum absolute atomic E-state index is 11.9. The minimum Gasteiger partial charge on any atom is -0.379 e. The summed E-state index contributed by atoms with van der Waals surface area (Å²) in [6, 6.07) is 0. The van der Waals surface area contributed by atoms with Gasteiger partial charge in [-0.15, -0.1) is 0 Å². The number of hydrogen-bond donors (Lipinski definition) is 2. The van der Waals surface area contributed by atoms with E-state index >= 15 is 0 Å². The van der Waals surface area contributed by atoms with Crippen molar-refractivity contribution in [1.82, 2.24) is 14.9 Å². The van der Waals surface area contributed by atoms with Gasteiger partial charge in [0.2, 0.25) is 15.9 Å². The van der Waals surface area contributed by atoms with Crippen LogP contribution >= 0.6 is 0 Å². The topological polar surface area (TPSA) is 87.7 Å². The highest BCUT2D eigenvalue weighted by Crippen LogP contribution is 2.12. The highest BCUT2D eigenvalue weighted by atomic mass is 32.2. The van der Waals surface area contributed by atoms with Crippen LogP contribution in [0.15, 0.2) is 0 Å².